The predicted molar refractivity (Wildman–Crippen MR) is 63.7 cm³/mol. The molecule has 3 heteroatoms. The second-order valence-corrected chi connectivity index (χ2v) is 4.40. The second-order valence-electron chi connectivity index (χ2n) is 4.40. The van der Waals surface area contributed by atoms with Gasteiger partial charge < -0.3 is 10.6 Å². The van der Waals surface area contributed by atoms with Crippen LogP contribution in [0.25, 0.3) is 0 Å². The zero-order valence-corrected chi connectivity index (χ0v) is 9.51. The summed E-state index contributed by atoms with van der Waals surface area (Å²) in [5.74, 6) is -0.169. The van der Waals surface area contributed by atoms with Crippen LogP contribution in [0.5, 0.6) is 0 Å². The van der Waals surface area contributed by atoms with E-state index < -0.39 is 0 Å². The Balaban J connectivity index is 1.69. The Morgan fingerprint density at radius 2 is 2.06 bits per heavy atom. The van der Waals surface area contributed by atoms with E-state index in [9.17, 15) is 4.39 Å². The van der Waals surface area contributed by atoms with E-state index in [0.29, 0.717) is 6.04 Å². The topological polar surface area (TPSA) is 24.1 Å². The monoisotopic (exact) mass is 222 g/mol. The van der Waals surface area contributed by atoms with Crippen LogP contribution in [-0.2, 0) is 6.54 Å². The molecule has 1 heterocycles. The molecule has 1 atom stereocenters. The molecule has 88 valence electrons. The highest BCUT2D eigenvalue weighted by molar-refractivity contribution is 5.15. The third-order valence-corrected chi connectivity index (χ3v) is 3.05. The highest BCUT2D eigenvalue weighted by Crippen LogP contribution is 2.06. The van der Waals surface area contributed by atoms with Gasteiger partial charge in [0.1, 0.15) is 5.82 Å². The molecule has 16 heavy (non-hydrogen) atoms. The van der Waals surface area contributed by atoms with Gasteiger partial charge in [0.05, 0.1) is 0 Å². The van der Waals surface area contributed by atoms with Gasteiger partial charge in [-0.2, -0.15) is 0 Å². The first-order valence-corrected chi connectivity index (χ1v) is 6.03. The number of hydrogen-bond donors (Lipinski definition) is 2. The lowest BCUT2D eigenvalue weighted by atomic mass is 10.1. The van der Waals surface area contributed by atoms with Crippen LogP contribution in [0.2, 0.25) is 0 Å². The summed E-state index contributed by atoms with van der Waals surface area (Å²) in [6.45, 7) is 2.96. The maximum Gasteiger partial charge on any atom is 0.123 e. The maximum absolute atomic E-state index is 12.7. The molecule has 1 aromatic carbocycles. The van der Waals surface area contributed by atoms with Crippen molar-refractivity contribution in [3.8, 4) is 0 Å². The van der Waals surface area contributed by atoms with Crippen LogP contribution in [-0.4, -0.2) is 19.1 Å². The van der Waals surface area contributed by atoms with Gasteiger partial charge in [-0.3, -0.25) is 0 Å². The Labute approximate surface area is 96.2 Å². The minimum absolute atomic E-state index is 0.169. The number of piperidine rings is 1. The van der Waals surface area contributed by atoms with Crippen molar-refractivity contribution in [3.05, 3.63) is 35.6 Å². The average Bonchev–Trinajstić information content (AvgIpc) is 2.33. The normalized spacial score (nSPS) is 20.9. The third kappa shape index (κ3) is 3.58. The first-order chi connectivity index (χ1) is 7.84. The van der Waals surface area contributed by atoms with Gasteiger partial charge >= 0.3 is 0 Å². The first-order valence-electron chi connectivity index (χ1n) is 6.03. The molecule has 2 N–H and O–H groups in total. The van der Waals surface area contributed by atoms with Crippen molar-refractivity contribution in [2.75, 3.05) is 13.1 Å². The van der Waals surface area contributed by atoms with Crippen LogP contribution in [0.3, 0.4) is 0 Å². The molecule has 1 aliphatic heterocycles. The second kappa shape index (κ2) is 5.97. The molecule has 0 bridgehead atoms. The fourth-order valence-corrected chi connectivity index (χ4v) is 2.09. The van der Waals surface area contributed by atoms with E-state index in [0.717, 1.165) is 25.2 Å². The lowest BCUT2D eigenvalue weighted by Gasteiger charge is -2.23. The Bertz CT molecular complexity index is 304. The van der Waals surface area contributed by atoms with E-state index >= 15 is 0 Å². The fourth-order valence-electron chi connectivity index (χ4n) is 2.09. The summed E-state index contributed by atoms with van der Waals surface area (Å²) in [5, 5.41) is 6.90. The summed E-state index contributed by atoms with van der Waals surface area (Å²) < 4.78 is 12.7. The van der Waals surface area contributed by atoms with Crippen LogP contribution in [0, 0.1) is 5.82 Å². The molecule has 0 amide bonds. The van der Waals surface area contributed by atoms with E-state index in [1.807, 2.05) is 12.1 Å². The zero-order valence-electron chi connectivity index (χ0n) is 9.51. The molecule has 0 aliphatic carbocycles. The van der Waals surface area contributed by atoms with Crippen molar-refractivity contribution in [2.24, 2.45) is 0 Å². The SMILES string of the molecule is Fc1ccc(CNCC2CCCCN2)cc1. The van der Waals surface area contributed by atoms with E-state index in [4.69, 9.17) is 0 Å². The van der Waals surface area contributed by atoms with Crippen molar-refractivity contribution in [1.29, 1.82) is 0 Å². The number of rotatable bonds is 4. The molecular formula is C13H19FN2. The Hall–Kier alpha value is -0.930. The molecule has 0 aromatic heterocycles. The van der Waals surface area contributed by atoms with Crippen molar-refractivity contribution < 1.29 is 4.39 Å². The molecule has 2 rings (SSSR count). The molecule has 2 nitrogen and oxygen atoms in total. The van der Waals surface area contributed by atoms with E-state index in [1.165, 1.54) is 31.4 Å². The minimum Gasteiger partial charge on any atom is -0.313 e. The molecule has 0 saturated carbocycles. The van der Waals surface area contributed by atoms with Crippen molar-refractivity contribution in [2.45, 2.75) is 31.8 Å². The van der Waals surface area contributed by atoms with Gasteiger partial charge in [0.25, 0.3) is 0 Å². The third-order valence-electron chi connectivity index (χ3n) is 3.05. The van der Waals surface area contributed by atoms with E-state index in [-0.39, 0.29) is 5.82 Å². The quantitative estimate of drug-likeness (QED) is 0.815. The molecule has 1 aliphatic rings. The Kier molecular flexibility index (Phi) is 4.31. The summed E-state index contributed by atoms with van der Waals surface area (Å²) in [6.07, 6.45) is 3.89. The van der Waals surface area contributed by atoms with E-state index in [2.05, 4.69) is 10.6 Å². The molecule has 1 saturated heterocycles. The standard InChI is InChI=1S/C13H19FN2/c14-12-6-4-11(5-7-12)9-15-10-13-3-1-2-8-16-13/h4-7,13,15-16H,1-3,8-10H2. The van der Waals surface area contributed by atoms with Gasteiger partial charge in [-0.25, -0.2) is 4.39 Å². The maximum atomic E-state index is 12.7. The van der Waals surface area contributed by atoms with E-state index in [1.54, 1.807) is 0 Å². The Morgan fingerprint density at radius 1 is 1.25 bits per heavy atom. The van der Waals surface area contributed by atoms with Gasteiger partial charge in [-0.15, -0.1) is 0 Å². The minimum atomic E-state index is -0.169. The lowest BCUT2D eigenvalue weighted by Crippen LogP contribution is -2.41. The van der Waals surface area contributed by atoms with Gasteiger partial charge in [-0.05, 0) is 37.1 Å². The number of hydrogen-bond acceptors (Lipinski definition) is 2. The average molecular weight is 222 g/mol. The zero-order chi connectivity index (χ0) is 11.2. The number of halogens is 1. The number of nitrogens with one attached hydrogen (secondary N) is 2. The summed E-state index contributed by atoms with van der Waals surface area (Å²) in [5.41, 5.74) is 1.14. The van der Waals surface area contributed by atoms with Gasteiger partial charge in [0.2, 0.25) is 0 Å². The molecule has 0 spiro atoms. The van der Waals surface area contributed by atoms with Crippen molar-refractivity contribution in [3.63, 3.8) is 0 Å². The van der Waals surface area contributed by atoms with Gasteiger partial charge in [0.15, 0.2) is 0 Å². The summed E-state index contributed by atoms with van der Waals surface area (Å²) in [7, 11) is 0. The van der Waals surface area contributed by atoms with Crippen molar-refractivity contribution >= 4 is 0 Å². The van der Waals surface area contributed by atoms with Crippen molar-refractivity contribution in [1.82, 2.24) is 10.6 Å². The Morgan fingerprint density at radius 3 is 2.75 bits per heavy atom. The van der Waals surface area contributed by atoms with Crippen LogP contribution < -0.4 is 10.6 Å². The van der Waals surface area contributed by atoms with Crippen LogP contribution in [0.1, 0.15) is 24.8 Å². The fraction of sp³-hybridized carbons (Fsp3) is 0.538. The van der Waals surface area contributed by atoms with Crippen LogP contribution >= 0.6 is 0 Å². The van der Waals surface area contributed by atoms with Gasteiger partial charge in [-0.1, -0.05) is 18.6 Å². The number of benzene rings is 1. The smallest absolute Gasteiger partial charge is 0.123 e. The molecule has 1 aromatic rings. The largest absolute Gasteiger partial charge is 0.313 e. The highest BCUT2D eigenvalue weighted by atomic mass is 19.1. The molecule has 1 fully saturated rings. The van der Waals surface area contributed by atoms with Crippen LogP contribution in [0.4, 0.5) is 4.39 Å². The van der Waals surface area contributed by atoms with Crippen LogP contribution in [0.15, 0.2) is 24.3 Å². The lowest BCUT2D eigenvalue weighted by molar-refractivity contribution is 0.383. The first kappa shape index (κ1) is 11.6. The summed E-state index contributed by atoms with van der Waals surface area (Å²) >= 11 is 0. The molecule has 1 unspecified atom stereocenters. The van der Waals surface area contributed by atoms with Gasteiger partial charge in [0, 0.05) is 19.1 Å². The summed E-state index contributed by atoms with van der Waals surface area (Å²) in [6, 6.07) is 7.29. The predicted octanol–water partition coefficient (Wildman–Crippen LogP) is 2.06. The summed E-state index contributed by atoms with van der Waals surface area (Å²) in [4.78, 5) is 0. The molecule has 0 radical (unpaired) electrons. The highest BCUT2D eigenvalue weighted by Gasteiger charge is 2.11. The molecular weight excluding hydrogens is 203 g/mol.